The number of nitrogens with zero attached hydrogens (tertiary/aromatic N) is 1. The molecule has 3 rings (SSSR count). The number of thioether (sulfide) groups is 1. The lowest BCUT2D eigenvalue weighted by Crippen LogP contribution is -2.11. The molecule has 0 atom stereocenters. The molecule has 5 nitrogen and oxygen atoms in total. The lowest BCUT2D eigenvalue weighted by Gasteiger charge is -1.99. The molecule has 0 fully saturated rings. The van der Waals surface area contributed by atoms with Crippen molar-refractivity contribution in [3.63, 3.8) is 0 Å². The molecule has 2 aromatic carbocycles. The highest BCUT2D eigenvalue weighted by Gasteiger charge is 2.13. The Morgan fingerprint density at radius 2 is 2.00 bits per heavy atom. The number of carbonyl (C=O) groups excluding carboxylic acids is 2. The minimum atomic E-state index is -0.561. The monoisotopic (exact) mass is 329 g/mol. The first-order chi connectivity index (χ1) is 11.0. The van der Waals surface area contributed by atoms with Gasteiger partial charge in [-0.1, -0.05) is 30.0 Å². The molecule has 0 spiro atoms. The van der Waals surface area contributed by atoms with Crippen molar-refractivity contribution in [3.05, 3.63) is 59.4 Å². The minimum absolute atomic E-state index is 0.106. The van der Waals surface area contributed by atoms with E-state index in [-0.39, 0.29) is 11.5 Å². The van der Waals surface area contributed by atoms with Crippen LogP contribution in [-0.4, -0.2) is 27.4 Å². The van der Waals surface area contributed by atoms with Crippen LogP contribution < -0.4 is 5.73 Å². The van der Waals surface area contributed by atoms with Crippen molar-refractivity contribution >= 4 is 34.5 Å². The first-order valence-electron chi connectivity index (χ1n) is 6.74. The predicted octanol–water partition coefficient (Wildman–Crippen LogP) is 2.78. The number of imidazole rings is 1. The Kier molecular flexibility index (Phi) is 4.12. The molecule has 0 unspecified atom stereocenters. The number of para-hydroxylation sites is 1. The fraction of sp³-hybridized carbons (Fsp3) is 0.0625. The van der Waals surface area contributed by atoms with Gasteiger partial charge < -0.3 is 10.7 Å². The third-order valence-electron chi connectivity index (χ3n) is 3.24. The summed E-state index contributed by atoms with van der Waals surface area (Å²) in [5.41, 5.74) is 7.09. The highest BCUT2D eigenvalue weighted by atomic mass is 32.2. The largest absolute Gasteiger partial charge is 0.366 e. The van der Waals surface area contributed by atoms with Gasteiger partial charge in [0.1, 0.15) is 11.3 Å². The Morgan fingerprint density at radius 1 is 1.22 bits per heavy atom. The molecule has 1 heterocycles. The van der Waals surface area contributed by atoms with Crippen molar-refractivity contribution < 1.29 is 14.0 Å². The summed E-state index contributed by atoms with van der Waals surface area (Å²) in [7, 11) is 0. The Morgan fingerprint density at radius 3 is 2.74 bits per heavy atom. The average Bonchev–Trinajstić information content (AvgIpc) is 2.95. The highest BCUT2D eigenvalue weighted by Crippen LogP contribution is 2.22. The van der Waals surface area contributed by atoms with Crippen LogP contribution in [0.5, 0.6) is 0 Å². The van der Waals surface area contributed by atoms with E-state index in [0.717, 1.165) is 0 Å². The lowest BCUT2D eigenvalue weighted by molar-refractivity contribution is 0.0998. The zero-order chi connectivity index (χ0) is 16.4. The van der Waals surface area contributed by atoms with Crippen LogP contribution in [0.2, 0.25) is 0 Å². The van der Waals surface area contributed by atoms with Crippen LogP contribution >= 0.6 is 11.8 Å². The smallest absolute Gasteiger partial charge is 0.250 e. The predicted molar refractivity (Wildman–Crippen MR) is 86.1 cm³/mol. The van der Waals surface area contributed by atoms with Crippen molar-refractivity contribution in [2.45, 2.75) is 5.16 Å². The third-order valence-corrected chi connectivity index (χ3v) is 4.12. The summed E-state index contributed by atoms with van der Waals surface area (Å²) in [5.74, 6) is -1.11. The van der Waals surface area contributed by atoms with Gasteiger partial charge >= 0.3 is 0 Å². The Hall–Kier alpha value is -2.67. The number of halogens is 1. The van der Waals surface area contributed by atoms with E-state index in [1.165, 1.54) is 30.0 Å². The number of ketones is 1. The molecule has 0 bridgehead atoms. The number of fused-ring (bicyclic) bond motifs is 1. The van der Waals surface area contributed by atoms with Gasteiger partial charge in [0, 0.05) is 5.56 Å². The molecule has 0 saturated carbocycles. The Labute approximate surface area is 135 Å². The van der Waals surface area contributed by atoms with Crippen LogP contribution in [0.4, 0.5) is 4.39 Å². The number of nitrogens with two attached hydrogens (primary N) is 1. The van der Waals surface area contributed by atoms with Crippen LogP contribution in [0.15, 0.2) is 47.6 Å². The minimum Gasteiger partial charge on any atom is -0.366 e. The van der Waals surface area contributed by atoms with Gasteiger partial charge in [-0.05, 0) is 24.3 Å². The van der Waals surface area contributed by atoms with Gasteiger partial charge in [-0.25, -0.2) is 9.37 Å². The zero-order valence-corrected chi connectivity index (χ0v) is 12.7. The number of hydrogen-bond donors (Lipinski definition) is 2. The number of aromatic nitrogens is 2. The number of Topliss-reactive ketones (excluding diaryl/α,β-unsaturated/α-hetero) is 1. The van der Waals surface area contributed by atoms with Crippen molar-refractivity contribution in [2.75, 3.05) is 5.75 Å². The topological polar surface area (TPSA) is 88.8 Å². The Bertz CT molecular complexity index is 907. The zero-order valence-electron chi connectivity index (χ0n) is 11.9. The summed E-state index contributed by atoms with van der Waals surface area (Å²) < 4.78 is 13.1. The fourth-order valence-corrected chi connectivity index (χ4v) is 2.93. The molecule has 3 N–H and O–H groups in total. The normalized spacial score (nSPS) is 10.8. The van der Waals surface area contributed by atoms with E-state index in [0.29, 0.717) is 27.3 Å². The van der Waals surface area contributed by atoms with E-state index < -0.39 is 11.7 Å². The van der Waals surface area contributed by atoms with Gasteiger partial charge in [0.25, 0.3) is 5.91 Å². The SMILES string of the molecule is NC(=O)c1cccc2[nH]c(SCC(=O)c3cccc(F)c3)nc12. The maximum Gasteiger partial charge on any atom is 0.250 e. The number of carbonyl (C=O) groups is 2. The number of primary amides is 1. The molecule has 1 aromatic heterocycles. The number of amides is 1. The van der Waals surface area contributed by atoms with Crippen LogP contribution in [-0.2, 0) is 0 Å². The number of nitrogens with one attached hydrogen (secondary N) is 1. The van der Waals surface area contributed by atoms with Crippen LogP contribution in [0.1, 0.15) is 20.7 Å². The van der Waals surface area contributed by atoms with Crippen molar-refractivity contribution in [1.82, 2.24) is 9.97 Å². The summed E-state index contributed by atoms with van der Waals surface area (Å²) in [6, 6.07) is 10.6. The molecule has 1 amide bonds. The molecule has 116 valence electrons. The summed E-state index contributed by atoms with van der Waals surface area (Å²) in [5, 5.41) is 0.499. The summed E-state index contributed by atoms with van der Waals surface area (Å²) >= 11 is 1.18. The van der Waals surface area contributed by atoms with Gasteiger partial charge in [-0.15, -0.1) is 0 Å². The first kappa shape index (κ1) is 15.2. The number of rotatable bonds is 5. The second-order valence-corrected chi connectivity index (χ2v) is 5.79. The average molecular weight is 329 g/mol. The van der Waals surface area contributed by atoms with Gasteiger partial charge in [0.2, 0.25) is 0 Å². The second kappa shape index (κ2) is 6.21. The number of H-pyrrole nitrogens is 1. The van der Waals surface area contributed by atoms with Crippen LogP contribution in [0.25, 0.3) is 11.0 Å². The molecule has 0 aliphatic carbocycles. The maximum absolute atomic E-state index is 13.1. The highest BCUT2D eigenvalue weighted by molar-refractivity contribution is 7.99. The van der Waals surface area contributed by atoms with Gasteiger partial charge in [0.15, 0.2) is 10.9 Å². The van der Waals surface area contributed by atoms with E-state index >= 15 is 0 Å². The van der Waals surface area contributed by atoms with Crippen LogP contribution in [0, 0.1) is 5.82 Å². The number of hydrogen-bond acceptors (Lipinski definition) is 4. The van der Waals surface area contributed by atoms with Gasteiger partial charge in [-0.2, -0.15) is 0 Å². The summed E-state index contributed by atoms with van der Waals surface area (Å²) in [6.07, 6.45) is 0. The molecule has 7 heteroatoms. The van der Waals surface area contributed by atoms with Crippen molar-refractivity contribution in [2.24, 2.45) is 5.73 Å². The lowest BCUT2D eigenvalue weighted by atomic mass is 10.1. The first-order valence-corrected chi connectivity index (χ1v) is 7.73. The van der Waals surface area contributed by atoms with E-state index in [2.05, 4.69) is 9.97 Å². The molecular weight excluding hydrogens is 317 g/mol. The van der Waals surface area contributed by atoms with E-state index in [1.807, 2.05) is 0 Å². The van der Waals surface area contributed by atoms with Gasteiger partial charge in [0.05, 0.1) is 16.8 Å². The van der Waals surface area contributed by atoms with E-state index in [4.69, 9.17) is 5.73 Å². The quantitative estimate of drug-likeness (QED) is 0.556. The molecule has 23 heavy (non-hydrogen) atoms. The van der Waals surface area contributed by atoms with Gasteiger partial charge in [-0.3, -0.25) is 9.59 Å². The molecule has 0 aliphatic rings. The molecule has 0 saturated heterocycles. The van der Waals surface area contributed by atoms with Crippen molar-refractivity contribution in [1.29, 1.82) is 0 Å². The van der Waals surface area contributed by atoms with Crippen LogP contribution in [0.3, 0.4) is 0 Å². The molecule has 3 aromatic rings. The molecule has 0 aliphatic heterocycles. The third kappa shape index (κ3) is 3.24. The number of benzene rings is 2. The Balaban J connectivity index is 1.78. The molecular formula is C16H12FN3O2S. The van der Waals surface area contributed by atoms with E-state index in [9.17, 15) is 14.0 Å². The second-order valence-electron chi connectivity index (χ2n) is 4.83. The summed E-state index contributed by atoms with van der Waals surface area (Å²) in [4.78, 5) is 30.8. The standard InChI is InChI=1S/C16H12FN3O2S/c17-10-4-1-3-9(7-10)13(21)8-23-16-19-12-6-2-5-11(15(18)22)14(12)20-16/h1-7H,8H2,(H2,18,22)(H,19,20). The van der Waals surface area contributed by atoms with E-state index in [1.54, 1.807) is 24.3 Å². The fourth-order valence-electron chi connectivity index (χ4n) is 2.16. The molecule has 0 radical (unpaired) electrons. The number of aromatic amines is 1. The summed E-state index contributed by atoms with van der Waals surface area (Å²) in [6.45, 7) is 0. The van der Waals surface area contributed by atoms with Crippen molar-refractivity contribution in [3.8, 4) is 0 Å². The maximum atomic E-state index is 13.1.